The molecule has 1 fully saturated rings. The molecule has 0 aliphatic carbocycles. The minimum Gasteiger partial charge on any atom is -0.494 e. The highest BCUT2D eigenvalue weighted by Crippen LogP contribution is 2.28. The van der Waals surface area contributed by atoms with Crippen molar-refractivity contribution in [2.24, 2.45) is 5.92 Å². The summed E-state index contributed by atoms with van der Waals surface area (Å²) in [6.07, 6.45) is 1.33. The predicted molar refractivity (Wildman–Crippen MR) is 109 cm³/mol. The Bertz CT molecular complexity index is 929. The Kier molecular flexibility index (Phi) is 6.36. The van der Waals surface area contributed by atoms with Gasteiger partial charge in [-0.05, 0) is 62.6 Å². The number of hydrogen-bond acceptors (Lipinski definition) is 4. The van der Waals surface area contributed by atoms with E-state index < -0.39 is 10.0 Å². The molecule has 0 saturated carbocycles. The van der Waals surface area contributed by atoms with Crippen molar-refractivity contribution in [3.63, 3.8) is 0 Å². The topological polar surface area (TPSA) is 75.7 Å². The second kappa shape index (κ2) is 8.75. The van der Waals surface area contributed by atoms with Crippen LogP contribution in [0.4, 0.5) is 5.69 Å². The molecule has 7 heteroatoms. The van der Waals surface area contributed by atoms with E-state index in [1.807, 2.05) is 44.2 Å². The zero-order chi connectivity index (χ0) is 20.1. The minimum atomic E-state index is -3.66. The fourth-order valence-corrected chi connectivity index (χ4v) is 5.00. The van der Waals surface area contributed by atoms with Crippen LogP contribution in [0.3, 0.4) is 0 Å². The molecule has 1 amide bonds. The number of anilines is 1. The van der Waals surface area contributed by atoms with Gasteiger partial charge in [0.15, 0.2) is 0 Å². The van der Waals surface area contributed by atoms with Crippen LogP contribution in [0, 0.1) is 12.8 Å². The fraction of sp³-hybridized carbons (Fsp3) is 0.381. The maximum Gasteiger partial charge on any atom is 0.243 e. The summed E-state index contributed by atoms with van der Waals surface area (Å²) in [6.45, 7) is 4.85. The van der Waals surface area contributed by atoms with E-state index in [0.29, 0.717) is 31.7 Å². The molecule has 2 aromatic carbocycles. The third-order valence-electron chi connectivity index (χ3n) is 4.88. The van der Waals surface area contributed by atoms with Crippen molar-refractivity contribution >= 4 is 21.6 Å². The first-order valence-corrected chi connectivity index (χ1v) is 11.0. The molecule has 1 heterocycles. The van der Waals surface area contributed by atoms with Crippen LogP contribution in [0.2, 0.25) is 0 Å². The lowest BCUT2D eigenvalue weighted by Crippen LogP contribution is -2.43. The molecule has 1 saturated heterocycles. The molecule has 28 heavy (non-hydrogen) atoms. The van der Waals surface area contributed by atoms with E-state index in [9.17, 15) is 13.2 Å². The number of amides is 1. The molecule has 3 rings (SSSR count). The monoisotopic (exact) mass is 402 g/mol. The standard InChI is InChI=1S/C21H26N2O4S/c1-3-27-20-12-11-19(14-16(20)2)28(25,26)23-13-7-8-17(15-23)21(24)22-18-9-5-4-6-10-18/h4-6,9-12,14,17H,3,7-8,13,15H2,1-2H3,(H,22,24)/t17-/m1/s1. The zero-order valence-corrected chi connectivity index (χ0v) is 17.0. The number of ether oxygens (including phenoxy) is 1. The average molecular weight is 403 g/mol. The van der Waals surface area contributed by atoms with Crippen molar-refractivity contribution in [3.05, 3.63) is 54.1 Å². The van der Waals surface area contributed by atoms with Gasteiger partial charge in [0.05, 0.1) is 17.4 Å². The first-order valence-electron chi connectivity index (χ1n) is 9.51. The summed E-state index contributed by atoms with van der Waals surface area (Å²) < 4.78 is 33.1. The normalized spacial score (nSPS) is 17.9. The molecule has 1 N–H and O–H groups in total. The highest BCUT2D eigenvalue weighted by molar-refractivity contribution is 7.89. The van der Waals surface area contributed by atoms with E-state index in [4.69, 9.17) is 4.74 Å². The molecular weight excluding hydrogens is 376 g/mol. The molecule has 1 aliphatic rings. The van der Waals surface area contributed by atoms with E-state index in [-0.39, 0.29) is 23.3 Å². The SMILES string of the molecule is CCOc1ccc(S(=O)(=O)N2CCC[C@@H](C(=O)Nc3ccccc3)C2)cc1C. The average Bonchev–Trinajstić information content (AvgIpc) is 2.70. The second-order valence-corrected chi connectivity index (χ2v) is 8.86. The Balaban J connectivity index is 1.73. The Hall–Kier alpha value is -2.38. The number of piperidine rings is 1. The molecule has 150 valence electrons. The van der Waals surface area contributed by atoms with Gasteiger partial charge in [0.2, 0.25) is 15.9 Å². The highest BCUT2D eigenvalue weighted by atomic mass is 32.2. The lowest BCUT2D eigenvalue weighted by molar-refractivity contribution is -0.120. The number of nitrogens with zero attached hydrogens (tertiary/aromatic N) is 1. The molecule has 0 aromatic heterocycles. The van der Waals surface area contributed by atoms with Gasteiger partial charge in [-0.15, -0.1) is 0 Å². The van der Waals surface area contributed by atoms with Gasteiger partial charge in [-0.3, -0.25) is 4.79 Å². The molecule has 1 atom stereocenters. The lowest BCUT2D eigenvalue weighted by atomic mass is 9.99. The van der Waals surface area contributed by atoms with Crippen LogP contribution < -0.4 is 10.1 Å². The summed E-state index contributed by atoms with van der Waals surface area (Å²) >= 11 is 0. The number of nitrogens with one attached hydrogen (secondary N) is 1. The number of rotatable bonds is 6. The van der Waals surface area contributed by atoms with Crippen molar-refractivity contribution in [3.8, 4) is 5.75 Å². The van der Waals surface area contributed by atoms with Crippen LogP contribution in [-0.2, 0) is 14.8 Å². The number of para-hydroxylation sites is 1. The number of carbonyl (C=O) groups is 1. The Labute approximate surface area is 166 Å². The van der Waals surface area contributed by atoms with Gasteiger partial charge < -0.3 is 10.1 Å². The van der Waals surface area contributed by atoms with Gasteiger partial charge in [0.1, 0.15) is 5.75 Å². The van der Waals surface area contributed by atoms with Gasteiger partial charge >= 0.3 is 0 Å². The van der Waals surface area contributed by atoms with Crippen LogP contribution in [0.25, 0.3) is 0 Å². The number of carbonyl (C=O) groups excluding carboxylic acids is 1. The Morgan fingerprint density at radius 2 is 1.96 bits per heavy atom. The molecule has 0 bridgehead atoms. The first kappa shape index (κ1) is 20.4. The zero-order valence-electron chi connectivity index (χ0n) is 16.2. The van der Waals surface area contributed by atoms with Gasteiger partial charge in [0, 0.05) is 18.8 Å². The van der Waals surface area contributed by atoms with Crippen molar-refractivity contribution in [2.75, 3.05) is 25.0 Å². The molecule has 1 aliphatic heterocycles. The van der Waals surface area contributed by atoms with E-state index >= 15 is 0 Å². The molecule has 0 radical (unpaired) electrons. The summed E-state index contributed by atoms with van der Waals surface area (Å²) in [4.78, 5) is 12.8. The van der Waals surface area contributed by atoms with Crippen molar-refractivity contribution in [1.29, 1.82) is 0 Å². The fourth-order valence-electron chi connectivity index (χ4n) is 3.39. The molecule has 0 spiro atoms. The highest BCUT2D eigenvalue weighted by Gasteiger charge is 2.33. The smallest absolute Gasteiger partial charge is 0.243 e. The first-order chi connectivity index (χ1) is 13.4. The maximum atomic E-state index is 13.1. The van der Waals surface area contributed by atoms with Crippen LogP contribution in [0.1, 0.15) is 25.3 Å². The molecule has 0 unspecified atom stereocenters. The summed E-state index contributed by atoms with van der Waals surface area (Å²) in [5.41, 5.74) is 1.49. The molecule has 2 aromatic rings. The number of benzene rings is 2. The summed E-state index contributed by atoms with van der Waals surface area (Å²) in [5.74, 6) is 0.168. The number of sulfonamides is 1. The van der Waals surface area contributed by atoms with Gasteiger partial charge in [-0.1, -0.05) is 18.2 Å². The number of aryl methyl sites for hydroxylation is 1. The summed E-state index contributed by atoms with van der Waals surface area (Å²) in [5, 5.41) is 2.88. The molecular formula is C21H26N2O4S. The second-order valence-electron chi connectivity index (χ2n) is 6.92. The summed E-state index contributed by atoms with van der Waals surface area (Å²) in [7, 11) is -3.66. The van der Waals surface area contributed by atoms with Crippen LogP contribution in [-0.4, -0.2) is 38.3 Å². The Morgan fingerprint density at radius 3 is 2.64 bits per heavy atom. The third kappa shape index (κ3) is 4.54. The van der Waals surface area contributed by atoms with Crippen LogP contribution in [0.15, 0.2) is 53.4 Å². The van der Waals surface area contributed by atoms with Crippen LogP contribution in [0.5, 0.6) is 5.75 Å². The minimum absolute atomic E-state index is 0.144. The van der Waals surface area contributed by atoms with E-state index in [1.54, 1.807) is 18.2 Å². The quantitative estimate of drug-likeness (QED) is 0.803. The van der Waals surface area contributed by atoms with Crippen LogP contribution >= 0.6 is 0 Å². The van der Waals surface area contributed by atoms with E-state index in [2.05, 4.69) is 5.32 Å². The van der Waals surface area contributed by atoms with E-state index in [1.165, 1.54) is 4.31 Å². The maximum absolute atomic E-state index is 13.1. The van der Waals surface area contributed by atoms with Crippen molar-refractivity contribution < 1.29 is 17.9 Å². The number of hydrogen-bond donors (Lipinski definition) is 1. The van der Waals surface area contributed by atoms with Gasteiger partial charge in [-0.25, -0.2) is 8.42 Å². The summed E-state index contributed by atoms with van der Waals surface area (Å²) in [6, 6.07) is 14.1. The van der Waals surface area contributed by atoms with E-state index in [0.717, 1.165) is 11.3 Å². The van der Waals surface area contributed by atoms with Gasteiger partial charge in [0.25, 0.3) is 0 Å². The third-order valence-corrected chi connectivity index (χ3v) is 6.74. The van der Waals surface area contributed by atoms with Crippen molar-refractivity contribution in [2.45, 2.75) is 31.6 Å². The lowest BCUT2D eigenvalue weighted by Gasteiger charge is -2.31. The predicted octanol–water partition coefficient (Wildman–Crippen LogP) is 3.43. The van der Waals surface area contributed by atoms with Gasteiger partial charge in [-0.2, -0.15) is 4.31 Å². The van der Waals surface area contributed by atoms with Crippen molar-refractivity contribution in [1.82, 2.24) is 4.31 Å². The Morgan fingerprint density at radius 1 is 1.21 bits per heavy atom. The molecule has 6 nitrogen and oxygen atoms in total. The largest absolute Gasteiger partial charge is 0.494 e.